The third-order valence-corrected chi connectivity index (χ3v) is 5.50. The van der Waals surface area contributed by atoms with E-state index in [4.69, 9.17) is 24.2 Å². The van der Waals surface area contributed by atoms with E-state index in [1.165, 1.54) is 0 Å². The number of rotatable bonds is 4. The van der Waals surface area contributed by atoms with Crippen molar-refractivity contribution in [1.82, 2.24) is 14.8 Å². The van der Waals surface area contributed by atoms with Crippen LogP contribution >= 0.6 is 0 Å². The summed E-state index contributed by atoms with van der Waals surface area (Å²) in [6.45, 7) is 2.53. The molecule has 4 heterocycles. The largest absolute Gasteiger partial charge is 0.490 e. The summed E-state index contributed by atoms with van der Waals surface area (Å²) < 4.78 is 69.0. The van der Waals surface area contributed by atoms with Crippen molar-refractivity contribution in [2.24, 2.45) is 0 Å². The predicted octanol–water partition coefficient (Wildman–Crippen LogP) is 3.71. The van der Waals surface area contributed by atoms with Gasteiger partial charge in [-0.3, -0.25) is 14.7 Å². The Kier molecular flexibility index (Phi) is 10.1. The lowest BCUT2D eigenvalue weighted by Crippen LogP contribution is -2.51. The maximum Gasteiger partial charge on any atom is 0.490 e. The van der Waals surface area contributed by atoms with Gasteiger partial charge in [-0.1, -0.05) is 6.07 Å². The Balaban J connectivity index is 0.000000286. The number of fused-ring (bicyclic) bond motifs is 1. The number of aromatic nitrogens is 1. The number of hydrogen-bond donors (Lipinski definition) is 2. The van der Waals surface area contributed by atoms with Crippen molar-refractivity contribution < 1.29 is 55.4 Å². The molecule has 0 aromatic carbocycles. The first kappa shape index (κ1) is 29.6. The third kappa shape index (κ3) is 9.08. The summed E-state index contributed by atoms with van der Waals surface area (Å²) >= 11 is 0. The van der Waals surface area contributed by atoms with Crippen LogP contribution in [-0.4, -0.2) is 73.8 Å². The van der Waals surface area contributed by atoms with Crippen molar-refractivity contribution in [3.63, 3.8) is 0 Å². The van der Waals surface area contributed by atoms with E-state index in [2.05, 4.69) is 14.8 Å². The fourth-order valence-electron chi connectivity index (χ4n) is 3.93. The standard InChI is InChI=1S/C18H21N3O2.2C2HF3O2/c22-18-6-5-16-17(21(18)12-14-3-1-8-19-11-14)7-9-20(16)13-15-4-2-10-23-15;2*3-2(4,5)1(6)7/h1-4,8,10-11,16-17H,5-7,9,12-13H2;2*(H,6,7)/t16-,17-;;/m1../s1. The number of piperidine rings is 1. The number of carbonyl (C=O) groups is 3. The zero-order valence-corrected chi connectivity index (χ0v) is 19.1. The van der Waals surface area contributed by atoms with Gasteiger partial charge in [0.25, 0.3) is 0 Å². The molecule has 2 aromatic heterocycles. The Morgan fingerprint density at radius 2 is 1.59 bits per heavy atom. The average molecular weight is 539 g/mol. The lowest BCUT2D eigenvalue weighted by Gasteiger charge is -2.39. The van der Waals surface area contributed by atoms with E-state index >= 15 is 0 Å². The summed E-state index contributed by atoms with van der Waals surface area (Å²) in [5.74, 6) is -4.24. The van der Waals surface area contributed by atoms with Gasteiger partial charge in [0.05, 0.1) is 12.8 Å². The van der Waals surface area contributed by atoms with Gasteiger partial charge >= 0.3 is 24.3 Å². The van der Waals surface area contributed by atoms with Crippen molar-refractivity contribution in [2.45, 2.75) is 56.8 Å². The Morgan fingerprint density at radius 3 is 2.08 bits per heavy atom. The third-order valence-electron chi connectivity index (χ3n) is 5.50. The number of carbonyl (C=O) groups excluding carboxylic acids is 1. The lowest BCUT2D eigenvalue weighted by atomic mass is 9.95. The predicted molar refractivity (Wildman–Crippen MR) is 113 cm³/mol. The summed E-state index contributed by atoms with van der Waals surface area (Å²) in [5, 5.41) is 14.2. The van der Waals surface area contributed by atoms with Crippen LogP contribution < -0.4 is 0 Å². The van der Waals surface area contributed by atoms with Crippen LogP contribution in [0.2, 0.25) is 0 Å². The number of carboxylic acid groups (broad SMARTS) is 2. The normalized spacial score (nSPS) is 19.7. The molecule has 1 amide bonds. The first-order chi connectivity index (χ1) is 17.2. The minimum absolute atomic E-state index is 0.273. The molecule has 2 saturated heterocycles. The molecule has 0 spiro atoms. The van der Waals surface area contributed by atoms with Gasteiger partial charge in [0.2, 0.25) is 5.91 Å². The molecular weight excluding hydrogens is 516 g/mol. The van der Waals surface area contributed by atoms with Crippen LogP contribution in [0.4, 0.5) is 26.3 Å². The molecular formula is C22H23F6N3O6. The first-order valence-corrected chi connectivity index (χ1v) is 10.7. The number of aliphatic carboxylic acids is 2. The Hall–Kier alpha value is -3.62. The highest BCUT2D eigenvalue weighted by molar-refractivity contribution is 5.77. The number of pyridine rings is 1. The summed E-state index contributed by atoms with van der Waals surface area (Å²) in [6, 6.07) is 8.68. The second kappa shape index (κ2) is 12.6. The first-order valence-electron chi connectivity index (χ1n) is 10.7. The van der Waals surface area contributed by atoms with Gasteiger partial charge in [-0.2, -0.15) is 26.3 Å². The van der Waals surface area contributed by atoms with E-state index in [0.29, 0.717) is 25.0 Å². The van der Waals surface area contributed by atoms with Crippen molar-refractivity contribution >= 4 is 17.8 Å². The molecule has 2 aromatic rings. The maximum atomic E-state index is 12.4. The Morgan fingerprint density at radius 1 is 0.973 bits per heavy atom. The van der Waals surface area contributed by atoms with Gasteiger partial charge < -0.3 is 19.5 Å². The van der Waals surface area contributed by atoms with Crippen LogP contribution in [-0.2, 0) is 27.5 Å². The molecule has 0 radical (unpaired) electrons. The Bertz CT molecular complexity index is 1010. The molecule has 0 bridgehead atoms. The van der Waals surface area contributed by atoms with E-state index in [1.54, 1.807) is 12.5 Å². The van der Waals surface area contributed by atoms with Crippen molar-refractivity contribution in [3.05, 3.63) is 54.2 Å². The molecule has 37 heavy (non-hydrogen) atoms. The van der Waals surface area contributed by atoms with Crippen molar-refractivity contribution in [1.29, 1.82) is 0 Å². The minimum Gasteiger partial charge on any atom is -0.475 e. The van der Waals surface area contributed by atoms with Crippen LogP contribution in [0.15, 0.2) is 47.3 Å². The molecule has 0 unspecified atom stereocenters. The number of furan rings is 1. The van der Waals surface area contributed by atoms with E-state index < -0.39 is 24.3 Å². The monoisotopic (exact) mass is 539 g/mol. The van der Waals surface area contributed by atoms with E-state index in [9.17, 15) is 31.1 Å². The topological polar surface area (TPSA) is 124 Å². The molecule has 2 N–H and O–H groups in total. The number of amides is 1. The second-order valence-corrected chi connectivity index (χ2v) is 8.00. The highest BCUT2D eigenvalue weighted by Gasteiger charge is 2.43. The highest BCUT2D eigenvalue weighted by atomic mass is 19.4. The van der Waals surface area contributed by atoms with Gasteiger partial charge in [0.1, 0.15) is 5.76 Å². The molecule has 9 nitrogen and oxygen atoms in total. The van der Waals surface area contributed by atoms with E-state index in [-0.39, 0.29) is 5.91 Å². The van der Waals surface area contributed by atoms with Gasteiger partial charge in [0.15, 0.2) is 0 Å². The number of halogens is 6. The number of carboxylic acids is 2. The van der Waals surface area contributed by atoms with Crippen LogP contribution in [0.1, 0.15) is 30.6 Å². The SMILES string of the molecule is O=C(O)C(F)(F)F.O=C(O)C(F)(F)F.O=C1CC[C@@H]2[C@@H](CCN2Cc2ccco2)N1Cc1cccnc1. The van der Waals surface area contributed by atoms with Crippen molar-refractivity contribution in [3.8, 4) is 0 Å². The molecule has 2 aliphatic rings. The molecule has 204 valence electrons. The molecule has 4 rings (SSSR count). The highest BCUT2D eigenvalue weighted by Crippen LogP contribution is 2.33. The number of alkyl halides is 6. The quantitative estimate of drug-likeness (QED) is 0.564. The van der Waals surface area contributed by atoms with Crippen molar-refractivity contribution in [2.75, 3.05) is 6.54 Å². The van der Waals surface area contributed by atoms with Crippen LogP contribution in [0.5, 0.6) is 0 Å². The fraction of sp³-hybridized carbons (Fsp3) is 0.455. The van der Waals surface area contributed by atoms with Gasteiger partial charge in [0, 0.05) is 44.0 Å². The number of hydrogen-bond acceptors (Lipinski definition) is 6. The van der Waals surface area contributed by atoms with Gasteiger partial charge in [-0.05, 0) is 36.6 Å². The number of nitrogens with zero attached hydrogens (tertiary/aromatic N) is 3. The van der Waals surface area contributed by atoms with E-state index in [0.717, 1.165) is 37.3 Å². The smallest absolute Gasteiger partial charge is 0.475 e. The summed E-state index contributed by atoms with van der Waals surface area (Å²) in [7, 11) is 0. The zero-order valence-electron chi connectivity index (χ0n) is 19.1. The average Bonchev–Trinajstić information content (AvgIpc) is 3.46. The second-order valence-electron chi connectivity index (χ2n) is 8.00. The van der Waals surface area contributed by atoms with Crippen LogP contribution in [0.25, 0.3) is 0 Å². The zero-order chi connectivity index (χ0) is 27.8. The summed E-state index contributed by atoms with van der Waals surface area (Å²) in [4.78, 5) is 38.9. The molecule has 2 aliphatic heterocycles. The number of likely N-dealkylation sites (tertiary alicyclic amines) is 2. The molecule has 0 saturated carbocycles. The molecule has 15 heteroatoms. The maximum absolute atomic E-state index is 12.4. The molecule has 2 atom stereocenters. The lowest BCUT2D eigenvalue weighted by molar-refractivity contribution is -0.193. The van der Waals surface area contributed by atoms with Gasteiger partial charge in [-0.15, -0.1) is 0 Å². The van der Waals surface area contributed by atoms with Crippen LogP contribution in [0, 0.1) is 0 Å². The van der Waals surface area contributed by atoms with Gasteiger partial charge in [-0.25, -0.2) is 9.59 Å². The summed E-state index contributed by atoms with van der Waals surface area (Å²) in [6.07, 6.45) is -2.19. The summed E-state index contributed by atoms with van der Waals surface area (Å²) in [5.41, 5.74) is 1.10. The molecule has 2 fully saturated rings. The fourth-order valence-corrected chi connectivity index (χ4v) is 3.93. The molecule has 0 aliphatic carbocycles. The minimum atomic E-state index is -5.08. The Labute approximate surface area is 206 Å². The van der Waals surface area contributed by atoms with Crippen LogP contribution in [0.3, 0.4) is 0 Å². The van der Waals surface area contributed by atoms with E-state index in [1.807, 2.05) is 30.5 Å².